The molecule has 166 valence electrons. The van der Waals surface area contributed by atoms with E-state index in [0.717, 1.165) is 74.5 Å². The fraction of sp³-hybridized carbons (Fsp3) is 0.286. The number of carboxylic acid groups (broad SMARTS) is 1. The first-order valence-electron chi connectivity index (χ1n) is 11.4. The Kier molecular flexibility index (Phi) is 4.44. The average Bonchev–Trinajstić information content (AvgIpc) is 3.61. The lowest BCUT2D eigenvalue weighted by atomic mass is 9.84. The SMILES string of the molecule is Cc1cc2cc(C3CC3)c(F)cc2c(-c2c(C)cc3c4c(ccnc24)CCO3)c1CC(=O)O. The summed E-state index contributed by atoms with van der Waals surface area (Å²) in [6.45, 7) is 4.56. The molecular weight excluding hydrogens is 417 g/mol. The van der Waals surface area contributed by atoms with Crippen LogP contribution >= 0.6 is 0 Å². The Morgan fingerprint density at radius 3 is 2.73 bits per heavy atom. The van der Waals surface area contributed by atoms with Crippen LogP contribution in [0.3, 0.4) is 0 Å². The van der Waals surface area contributed by atoms with Crippen LogP contribution in [0.2, 0.25) is 0 Å². The Hall–Kier alpha value is -3.47. The summed E-state index contributed by atoms with van der Waals surface area (Å²) in [5, 5.41) is 12.4. The van der Waals surface area contributed by atoms with Crippen molar-refractivity contribution in [3.63, 3.8) is 0 Å². The van der Waals surface area contributed by atoms with Crippen LogP contribution in [0.15, 0.2) is 36.5 Å². The number of hydrogen-bond acceptors (Lipinski definition) is 3. The van der Waals surface area contributed by atoms with Gasteiger partial charge in [-0.3, -0.25) is 9.78 Å². The van der Waals surface area contributed by atoms with Gasteiger partial charge in [-0.15, -0.1) is 0 Å². The van der Waals surface area contributed by atoms with Gasteiger partial charge in [-0.05, 0) is 101 Å². The van der Waals surface area contributed by atoms with Gasteiger partial charge >= 0.3 is 5.97 Å². The summed E-state index contributed by atoms with van der Waals surface area (Å²) in [6.07, 6.45) is 4.50. The first-order chi connectivity index (χ1) is 15.9. The number of aromatic nitrogens is 1. The molecule has 0 unspecified atom stereocenters. The minimum Gasteiger partial charge on any atom is -0.493 e. The van der Waals surface area contributed by atoms with E-state index in [4.69, 9.17) is 9.72 Å². The molecule has 4 aromatic rings. The Labute approximate surface area is 191 Å². The fourth-order valence-electron chi connectivity index (χ4n) is 5.40. The quantitative estimate of drug-likeness (QED) is 0.407. The van der Waals surface area contributed by atoms with E-state index in [9.17, 15) is 9.90 Å². The monoisotopic (exact) mass is 441 g/mol. The van der Waals surface area contributed by atoms with Gasteiger partial charge in [-0.1, -0.05) is 6.07 Å². The van der Waals surface area contributed by atoms with E-state index in [1.54, 1.807) is 12.3 Å². The van der Waals surface area contributed by atoms with E-state index < -0.39 is 5.97 Å². The number of halogens is 1. The molecule has 2 aliphatic rings. The largest absolute Gasteiger partial charge is 0.493 e. The number of rotatable bonds is 4. The zero-order valence-electron chi connectivity index (χ0n) is 18.7. The molecule has 1 fully saturated rings. The molecule has 1 saturated carbocycles. The lowest BCUT2D eigenvalue weighted by Gasteiger charge is -2.23. The standard InChI is InChI=1S/C28H24FNO3/c1-14-9-18-11-20(16-3-4-16)22(29)12-21(18)27(19(14)13-24(31)32)25-15(2)10-23-26-17(6-8-33-23)5-7-30-28(25)26/h5,7,9-12,16H,3-4,6,8,13H2,1-2H3,(H,31,32). The maximum Gasteiger partial charge on any atom is 0.307 e. The number of aryl methyl sites for hydroxylation is 2. The highest BCUT2D eigenvalue weighted by molar-refractivity contribution is 6.09. The summed E-state index contributed by atoms with van der Waals surface area (Å²) in [5.74, 6) is -0.0315. The van der Waals surface area contributed by atoms with Crippen LogP contribution in [0.4, 0.5) is 4.39 Å². The number of benzene rings is 3. The Morgan fingerprint density at radius 1 is 1.15 bits per heavy atom. The number of ether oxygens (including phenoxy) is 1. The van der Waals surface area contributed by atoms with Gasteiger partial charge in [-0.25, -0.2) is 4.39 Å². The minimum atomic E-state index is -0.912. The van der Waals surface area contributed by atoms with Crippen LogP contribution in [0.5, 0.6) is 5.75 Å². The van der Waals surface area contributed by atoms with Crippen LogP contribution in [0, 0.1) is 19.7 Å². The zero-order valence-corrected chi connectivity index (χ0v) is 18.7. The highest BCUT2D eigenvalue weighted by atomic mass is 19.1. The lowest BCUT2D eigenvalue weighted by molar-refractivity contribution is -0.136. The Bertz CT molecular complexity index is 1490. The molecule has 1 aliphatic heterocycles. The topological polar surface area (TPSA) is 59.4 Å². The second kappa shape index (κ2) is 7.27. The minimum absolute atomic E-state index is 0.137. The van der Waals surface area contributed by atoms with Crippen molar-refractivity contribution in [2.45, 2.75) is 45.4 Å². The van der Waals surface area contributed by atoms with Gasteiger partial charge in [0.05, 0.1) is 18.5 Å². The predicted octanol–water partition coefficient (Wildman–Crippen LogP) is 6.25. The molecule has 6 rings (SSSR count). The van der Waals surface area contributed by atoms with Gasteiger partial charge in [0.2, 0.25) is 0 Å². The van der Waals surface area contributed by atoms with Gasteiger partial charge in [0, 0.05) is 23.6 Å². The third-order valence-electron chi connectivity index (χ3n) is 7.07. The third kappa shape index (κ3) is 3.17. The summed E-state index contributed by atoms with van der Waals surface area (Å²) < 4.78 is 21.2. The number of hydrogen-bond donors (Lipinski definition) is 1. The number of carbonyl (C=O) groups is 1. The molecule has 3 aromatic carbocycles. The number of carboxylic acids is 1. The van der Waals surface area contributed by atoms with E-state index in [2.05, 4.69) is 0 Å². The van der Waals surface area contributed by atoms with Crippen LogP contribution in [0.25, 0.3) is 32.8 Å². The van der Waals surface area contributed by atoms with Crippen molar-refractivity contribution in [2.75, 3.05) is 6.61 Å². The van der Waals surface area contributed by atoms with E-state index in [-0.39, 0.29) is 18.2 Å². The maximum absolute atomic E-state index is 15.3. The number of nitrogens with zero attached hydrogens (tertiary/aromatic N) is 1. The highest BCUT2D eigenvalue weighted by Gasteiger charge is 2.29. The fourth-order valence-corrected chi connectivity index (χ4v) is 5.40. The molecule has 1 aromatic heterocycles. The third-order valence-corrected chi connectivity index (χ3v) is 7.07. The van der Waals surface area contributed by atoms with Crippen LogP contribution in [-0.2, 0) is 17.6 Å². The summed E-state index contributed by atoms with van der Waals surface area (Å²) in [7, 11) is 0. The molecule has 33 heavy (non-hydrogen) atoms. The first-order valence-corrected chi connectivity index (χ1v) is 11.4. The van der Waals surface area contributed by atoms with Crippen molar-refractivity contribution in [2.24, 2.45) is 0 Å². The van der Waals surface area contributed by atoms with E-state index >= 15 is 4.39 Å². The molecule has 0 bridgehead atoms. The molecule has 5 heteroatoms. The molecule has 1 N–H and O–H groups in total. The molecule has 2 heterocycles. The smallest absolute Gasteiger partial charge is 0.307 e. The molecule has 1 aliphatic carbocycles. The number of fused-ring (bicyclic) bond motifs is 1. The van der Waals surface area contributed by atoms with Crippen LogP contribution in [-0.4, -0.2) is 22.7 Å². The number of pyridine rings is 1. The Morgan fingerprint density at radius 2 is 1.97 bits per heavy atom. The van der Waals surface area contributed by atoms with Crippen molar-refractivity contribution in [1.82, 2.24) is 4.98 Å². The van der Waals surface area contributed by atoms with E-state index in [0.29, 0.717) is 12.2 Å². The zero-order chi connectivity index (χ0) is 22.9. The lowest BCUT2D eigenvalue weighted by Crippen LogP contribution is -2.11. The first kappa shape index (κ1) is 20.2. The van der Waals surface area contributed by atoms with Crippen molar-refractivity contribution >= 4 is 27.6 Å². The van der Waals surface area contributed by atoms with Crippen molar-refractivity contribution in [3.05, 3.63) is 70.2 Å². The molecule has 0 spiro atoms. The van der Waals surface area contributed by atoms with Gasteiger partial charge in [-0.2, -0.15) is 0 Å². The molecule has 0 radical (unpaired) electrons. The highest BCUT2D eigenvalue weighted by Crippen LogP contribution is 2.47. The van der Waals surface area contributed by atoms with Crippen LogP contribution < -0.4 is 4.74 Å². The second-order valence-corrected chi connectivity index (χ2v) is 9.35. The van der Waals surface area contributed by atoms with Crippen LogP contribution in [0.1, 0.15) is 46.6 Å². The summed E-state index contributed by atoms with van der Waals surface area (Å²) >= 11 is 0. The Balaban J connectivity index is 1.76. The number of aliphatic carboxylic acids is 1. The molecule has 0 atom stereocenters. The molecule has 0 amide bonds. The van der Waals surface area contributed by atoms with Crippen molar-refractivity contribution in [3.8, 4) is 16.9 Å². The van der Waals surface area contributed by atoms with Gasteiger partial charge < -0.3 is 9.84 Å². The van der Waals surface area contributed by atoms with Gasteiger partial charge in [0.15, 0.2) is 0 Å². The van der Waals surface area contributed by atoms with Crippen molar-refractivity contribution in [1.29, 1.82) is 0 Å². The van der Waals surface area contributed by atoms with Crippen molar-refractivity contribution < 1.29 is 19.0 Å². The summed E-state index contributed by atoms with van der Waals surface area (Å²) in [5.41, 5.74) is 6.89. The van der Waals surface area contributed by atoms with E-state index in [1.807, 2.05) is 38.1 Å². The van der Waals surface area contributed by atoms with Gasteiger partial charge in [0.1, 0.15) is 11.6 Å². The molecule has 0 saturated heterocycles. The average molecular weight is 442 g/mol. The summed E-state index contributed by atoms with van der Waals surface area (Å²) in [6, 6.07) is 9.59. The van der Waals surface area contributed by atoms with Gasteiger partial charge in [0.25, 0.3) is 0 Å². The normalized spacial score (nSPS) is 15.1. The molecular formula is C28H24FNO3. The second-order valence-electron chi connectivity index (χ2n) is 9.35. The maximum atomic E-state index is 15.3. The predicted molar refractivity (Wildman–Crippen MR) is 127 cm³/mol. The molecule has 4 nitrogen and oxygen atoms in total. The summed E-state index contributed by atoms with van der Waals surface area (Å²) in [4.78, 5) is 16.6. The van der Waals surface area contributed by atoms with E-state index in [1.165, 1.54) is 5.56 Å².